The van der Waals surface area contributed by atoms with Crippen molar-refractivity contribution in [1.82, 2.24) is 29.9 Å². The van der Waals surface area contributed by atoms with Crippen LogP contribution in [-0.2, 0) is 51.7 Å². The fourth-order valence-corrected chi connectivity index (χ4v) is 9.58. The predicted octanol–water partition coefficient (Wildman–Crippen LogP) is 7.13. The summed E-state index contributed by atoms with van der Waals surface area (Å²) in [5.74, 6) is -3.56. The number of aliphatic hydroxyl groups is 1. The molecule has 12 nitrogen and oxygen atoms in total. The molecule has 2 aliphatic carbocycles. The Balaban J connectivity index is 1.28. The predicted molar refractivity (Wildman–Crippen MR) is 211 cm³/mol. The molecule has 1 saturated heterocycles. The second kappa shape index (κ2) is 15.2. The average molecular weight is 908 g/mol. The fraction of sp³-hybridized carbons (Fsp3) is 0.415. The Kier molecular flexibility index (Phi) is 10.7. The standard InChI is InChI=1S/C41H37ClF7N7O5S/c1-19-16-39(58,17-20(2)61-19)10-9-24-5-6-25(26-7-8-29(42)33-35(26)55(3)53-38(33)54-62(4,59)60)34(50-24)30(13-21-11-22(43)14-23(44)12-21)51-31(57)18-56-37-32(36(52-56)41(47,48)49)27-15-28(27)40(37,45)46/h5-8,11-12,14,19-20,27-28,30,58H,13,15-18H2,1-4H3,(H,51,57)(H,53,54)/t19?,20?,27-,28+,30-,39?/m0/s1. The minimum Gasteiger partial charge on any atom is -0.377 e. The Morgan fingerprint density at radius 2 is 1.73 bits per heavy atom. The first-order valence-electron chi connectivity index (χ1n) is 19.3. The number of rotatable bonds is 9. The van der Waals surface area contributed by atoms with Crippen molar-refractivity contribution in [2.45, 2.75) is 87.9 Å². The summed E-state index contributed by atoms with van der Waals surface area (Å²) in [4.78, 5) is 18.8. The van der Waals surface area contributed by atoms with E-state index < -0.39 is 93.1 Å². The third-order valence-electron chi connectivity index (χ3n) is 11.1. The number of ether oxygens (including phenoxy) is 1. The molecule has 2 aromatic carbocycles. The number of nitrogens with one attached hydrogen (secondary N) is 2. The molecule has 2 unspecified atom stereocenters. The molecule has 3 aromatic heterocycles. The van der Waals surface area contributed by atoms with Gasteiger partial charge in [-0.25, -0.2) is 22.2 Å². The smallest absolute Gasteiger partial charge is 0.377 e. The summed E-state index contributed by atoms with van der Waals surface area (Å²) in [5, 5.41) is 22.1. The van der Waals surface area contributed by atoms with Crippen molar-refractivity contribution in [2.75, 3.05) is 11.0 Å². The van der Waals surface area contributed by atoms with Gasteiger partial charge in [0.1, 0.15) is 35.2 Å². The lowest BCUT2D eigenvalue weighted by Crippen LogP contribution is -2.42. The minimum atomic E-state index is -5.09. The van der Waals surface area contributed by atoms with Gasteiger partial charge in [-0.15, -0.1) is 0 Å². The number of anilines is 1. The van der Waals surface area contributed by atoms with Gasteiger partial charge in [-0.05, 0) is 74.4 Å². The third kappa shape index (κ3) is 8.34. The summed E-state index contributed by atoms with van der Waals surface area (Å²) < 4.78 is 137. The number of alkyl halides is 5. The molecule has 328 valence electrons. The van der Waals surface area contributed by atoms with Gasteiger partial charge >= 0.3 is 6.18 Å². The van der Waals surface area contributed by atoms with Gasteiger partial charge in [0.2, 0.25) is 15.9 Å². The number of aromatic nitrogens is 5. The first kappa shape index (κ1) is 43.4. The highest BCUT2D eigenvalue weighted by atomic mass is 35.5. The molecule has 1 aliphatic heterocycles. The molecule has 21 heteroatoms. The van der Waals surface area contributed by atoms with Crippen LogP contribution in [0.2, 0.25) is 5.02 Å². The van der Waals surface area contributed by atoms with E-state index in [1.54, 1.807) is 26.0 Å². The third-order valence-corrected chi connectivity index (χ3v) is 12.0. The first-order valence-corrected chi connectivity index (χ1v) is 21.5. The number of benzene rings is 2. The quantitative estimate of drug-likeness (QED) is 0.104. The topological polar surface area (TPSA) is 153 Å². The molecule has 5 aromatic rings. The Labute approximate surface area is 354 Å². The lowest BCUT2D eigenvalue weighted by atomic mass is 9.88. The summed E-state index contributed by atoms with van der Waals surface area (Å²) in [7, 11) is -2.36. The zero-order chi connectivity index (χ0) is 44.8. The highest BCUT2D eigenvalue weighted by molar-refractivity contribution is 7.92. The number of carbonyl (C=O) groups excluding carboxylic acids is 1. The van der Waals surface area contributed by atoms with E-state index in [0.29, 0.717) is 16.3 Å². The lowest BCUT2D eigenvalue weighted by Gasteiger charge is -2.35. The van der Waals surface area contributed by atoms with E-state index in [4.69, 9.17) is 21.3 Å². The van der Waals surface area contributed by atoms with Crippen LogP contribution in [0.25, 0.3) is 22.0 Å². The fourth-order valence-electron chi connectivity index (χ4n) is 8.84. The average Bonchev–Trinajstić information content (AvgIpc) is 3.67. The number of halogens is 8. The molecule has 4 heterocycles. The van der Waals surface area contributed by atoms with Crippen molar-refractivity contribution in [3.8, 4) is 23.0 Å². The molecular formula is C41H37ClF7N7O5S. The van der Waals surface area contributed by atoms with Crippen molar-refractivity contribution in [3.05, 3.63) is 93.0 Å². The zero-order valence-corrected chi connectivity index (χ0v) is 34.8. The van der Waals surface area contributed by atoms with Crippen LogP contribution in [0.1, 0.15) is 79.0 Å². The second-order valence-electron chi connectivity index (χ2n) is 16.2. The molecule has 3 N–H and O–H groups in total. The van der Waals surface area contributed by atoms with Gasteiger partial charge in [-0.2, -0.15) is 32.1 Å². The maximum absolute atomic E-state index is 15.5. The number of nitrogens with zero attached hydrogens (tertiary/aromatic N) is 5. The van der Waals surface area contributed by atoms with Crippen molar-refractivity contribution in [3.63, 3.8) is 0 Å². The molecular weight excluding hydrogens is 871 g/mol. The van der Waals surface area contributed by atoms with Crippen molar-refractivity contribution in [2.24, 2.45) is 13.0 Å². The highest BCUT2D eigenvalue weighted by Gasteiger charge is 2.68. The molecule has 0 spiro atoms. The summed E-state index contributed by atoms with van der Waals surface area (Å²) in [6, 6.07) is 7.22. The van der Waals surface area contributed by atoms with Gasteiger partial charge < -0.3 is 15.2 Å². The van der Waals surface area contributed by atoms with Crippen molar-refractivity contribution in [1.29, 1.82) is 0 Å². The van der Waals surface area contributed by atoms with Gasteiger partial charge in [-0.3, -0.25) is 18.9 Å². The monoisotopic (exact) mass is 907 g/mol. The molecule has 8 rings (SSSR count). The van der Waals surface area contributed by atoms with Crippen LogP contribution in [-0.4, -0.2) is 68.0 Å². The molecule has 0 bridgehead atoms. The lowest BCUT2D eigenvalue weighted by molar-refractivity contribution is -0.142. The summed E-state index contributed by atoms with van der Waals surface area (Å²) in [5.41, 5.74) is -3.87. The van der Waals surface area contributed by atoms with Crippen LogP contribution in [0, 0.1) is 29.4 Å². The molecule has 62 heavy (non-hydrogen) atoms. The number of aryl methyl sites for hydroxylation is 1. The van der Waals surface area contributed by atoms with Crippen molar-refractivity contribution >= 4 is 44.3 Å². The van der Waals surface area contributed by atoms with Crippen LogP contribution in [0.5, 0.6) is 0 Å². The van der Waals surface area contributed by atoms with Gasteiger partial charge in [0.25, 0.3) is 5.92 Å². The van der Waals surface area contributed by atoms with E-state index in [1.807, 2.05) is 0 Å². The number of sulfonamides is 1. The van der Waals surface area contributed by atoms with Gasteiger partial charge in [0, 0.05) is 48.6 Å². The molecule has 2 fully saturated rings. The number of pyridine rings is 1. The van der Waals surface area contributed by atoms with Crippen LogP contribution in [0.15, 0.2) is 42.5 Å². The molecule has 3 aliphatic rings. The molecule has 1 saturated carbocycles. The number of hydrogen-bond acceptors (Lipinski definition) is 8. The van der Waals surface area contributed by atoms with Gasteiger partial charge in [0.15, 0.2) is 11.5 Å². The summed E-state index contributed by atoms with van der Waals surface area (Å²) in [6.45, 7) is 2.46. The maximum atomic E-state index is 15.5. The van der Waals surface area contributed by atoms with E-state index in [1.165, 1.54) is 23.9 Å². The highest BCUT2D eigenvalue weighted by Crippen LogP contribution is 2.68. The summed E-state index contributed by atoms with van der Waals surface area (Å²) in [6.07, 6.45) is -5.09. The number of carbonyl (C=O) groups is 1. The van der Waals surface area contributed by atoms with E-state index in [9.17, 15) is 40.3 Å². The normalized spacial score (nSPS) is 23.3. The first-order chi connectivity index (χ1) is 28.9. The Hall–Kier alpha value is -5.23. The Morgan fingerprint density at radius 3 is 2.37 bits per heavy atom. The van der Waals surface area contributed by atoms with Crippen LogP contribution < -0.4 is 10.0 Å². The van der Waals surface area contributed by atoms with E-state index in [-0.39, 0.29) is 75.7 Å². The number of fused-ring (bicyclic) bond motifs is 4. The number of hydrogen-bond donors (Lipinski definition) is 3. The van der Waals surface area contributed by atoms with Crippen LogP contribution in [0.4, 0.5) is 36.6 Å². The maximum Gasteiger partial charge on any atom is 0.435 e. The second-order valence-corrected chi connectivity index (χ2v) is 18.3. The van der Waals surface area contributed by atoms with Crippen molar-refractivity contribution < 1.29 is 53.8 Å². The zero-order valence-electron chi connectivity index (χ0n) is 33.2. The van der Waals surface area contributed by atoms with Gasteiger partial charge in [0.05, 0.1) is 46.1 Å². The van der Waals surface area contributed by atoms with Gasteiger partial charge in [-0.1, -0.05) is 23.6 Å². The van der Waals surface area contributed by atoms with E-state index in [0.717, 1.165) is 18.4 Å². The van der Waals surface area contributed by atoms with E-state index in [2.05, 4.69) is 32.1 Å². The molecule has 5 atom stereocenters. The van der Waals surface area contributed by atoms with Crippen LogP contribution >= 0.6 is 11.6 Å². The minimum absolute atomic E-state index is 0.0103. The van der Waals surface area contributed by atoms with E-state index >= 15 is 8.78 Å². The SMILES string of the molecule is CC1CC(O)(C#Cc2ccc(-c3ccc(Cl)c4c(NS(C)(=O)=O)nn(C)c34)c([C@H](Cc3cc(F)cc(F)c3)NC(=O)Cn3nc(C(F)(F)F)c4c3C(F)(F)[C@@H]3C[C@H]43)n2)CC(C)O1. The van der Waals surface area contributed by atoms with Crippen LogP contribution in [0.3, 0.4) is 0 Å². The Bertz CT molecular complexity index is 2810. The molecule has 0 radical (unpaired) electrons. The largest absolute Gasteiger partial charge is 0.435 e. The number of amides is 1. The summed E-state index contributed by atoms with van der Waals surface area (Å²) >= 11 is 6.61. The molecule has 1 amide bonds. The Morgan fingerprint density at radius 1 is 1.06 bits per heavy atom.